The number of carbonyl (C=O) groups is 1. The summed E-state index contributed by atoms with van der Waals surface area (Å²) < 4.78 is 1.90. The number of thioether (sulfide) groups is 1. The lowest BCUT2D eigenvalue weighted by molar-refractivity contribution is -0.125. The monoisotopic (exact) mass is 354 g/mol. The molecule has 0 saturated carbocycles. The highest BCUT2D eigenvalue weighted by molar-refractivity contribution is 7.98. The Kier molecular flexibility index (Phi) is 3.76. The molecule has 1 aliphatic carbocycles. The van der Waals surface area contributed by atoms with Crippen molar-refractivity contribution < 1.29 is 4.79 Å². The summed E-state index contributed by atoms with van der Waals surface area (Å²) >= 11 is 1.51. The smallest absolute Gasteiger partial charge is 0.227 e. The summed E-state index contributed by atoms with van der Waals surface area (Å²) in [4.78, 5) is 17.7. The quantitative estimate of drug-likeness (QED) is 0.831. The number of anilines is 1. The first-order valence-corrected chi connectivity index (χ1v) is 9.71. The fourth-order valence-electron chi connectivity index (χ4n) is 3.92. The molecule has 2 atom stereocenters. The third-order valence-electron chi connectivity index (χ3n) is 4.99. The largest absolute Gasteiger partial charge is 0.328 e. The van der Waals surface area contributed by atoms with Gasteiger partial charge in [0.15, 0.2) is 0 Å². The fraction of sp³-hybridized carbons (Fsp3) is 0.421. The Morgan fingerprint density at radius 3 is 2.80 bits per heavy atom. The maximum Gasteiger partial charge on any atom is 0.227 e. The fourth-order valence-corrected chi connectivity index (χ4v) is 4.27. The molecular formula is C19H22N4OS. The number of hydrogen-bond acceptors (Lipinski definition) is 5. The lowest BCUT2D eigenvalue weighted by Gasteiger charge is -2.40. The predicted molar refractivity (Wildman–Crippen MR) is 99.7 cm³/mol. The van der Waals surface area contributed by atoms with E-state index in [1.54, 1.807) is 0 Å². The number of nitrogens with zero attached hydrogens (tertiary/aromatic N) is 3. The van der Waals surface area contributed by atoms with Crippen LogP contribution in [0, 0.1) is 18.3 Å². The summed E-state index contributed by atoms with van der Waals surface area (Å²) in [6, 6.07) is 8.08. The zero-order chi connectivity index (χ0) is 17.8. The zero-order valence-electron chi connectivity index (χ0n) is 14.9. The molecule has 1 aromatic carbocycles. The summed E-state index contributed by atoms with van der Waals surface area (Å²) in [7, 11) is 0. The van der Waals surface area contributed by atoms with Crippen LogP contribution in [0.1, 0.15) is 37.4 Å². The maximum atomic E-state index is 13.1. The molecular weight excluding hydrogens is 332 g/mol. The molecule has 0 unspecified atom stereocenters. The maximum absolute atomic E-state index is 13.1. The van der Waals surface area contributed by atoms with Crippen LogP contribution < -0.4 is 5.32 Å². The predicted octanol–water partition coefficient (Wildman–Crippen LogP) is 3.82. The van der Waals surface area contributed by atoms with Gasteiger partial charge in [0, 0.05) is 12.1 Å². The molecule has 0 amide bonds. The van der Waals surface area contributed by atoms with Crippen molar-refractivity contribution in [1.82, 2.24) is 14.8 Å². The molecule has 0 saturated heterocycles. The highest BCUT2D eigenvalue weighted by Gasteiger charge is 2.45. The number of ketones is 1. The van der Waals surface area contributed by atoms with Crippen molar-refractivity contribution in [2.45, 2.75) is 38.4 Å². The lowest BCUT2D eigenvalue weighted by atomic mass is 9.71. The Hall–Kier alpha value is -2.08. The number of aryl methyl sites for hydroxylation is 1. The molecule has 25 heavy (non-hydrogen) atoms. The van der Waals surface area contributed by atoms with E-state index in [1.165, 1.54) is 17.3 Å². The van der Waals surface area contributed by atoms with Crippen molar-refractivity contribution in [2.24, 2.45) is 11.3 Å². The highest BCUT2D eigenvalue weighted by Crippen LogP contribution is 2.46. The first-order valence-electron chi connectivity index (χ1n) is 8.48. The summed E-state index contributed by atoms with van der Waals surface area (Å²) in [6.45, 7) is 6.29. The van der Waals surface area contributed by atoms with E-state index in [-0.39, 0.29) is 23.2 Å². The van der Waals surface area contributed by atoms with E-state index >= 15 is 0 Å². The molecule has 2 aromatic rings. The van der Waals surface area contributed by atoms with Crippen LogP contribution in [0.3, 0.4) is 0 Å². The van der Waals surface area contributed by atoms with E-state index in [1.807, 2.05) is 23.1 Å². The first-order chi connectivity index (χ1) is 11.9. The number of aromatic nitrogens is 3. The molecule has 0 bridgehead atoms. The second-order valence-electron chi connectivity index (χ2n) is 7.50. The summed E-state index contributed by atoms with van der Waals surface area (Å²) in [5, 5.41) is 8.75. The lowest BCUT2D eigenvalue weighted by Crippen LogP contribution is -2.42. The summed E-state index contributed by atoms with van der Waals surface area (Å²) in [6.07, 6.45) is 4.70. The molecule has 1 aliphatic heterocycles. The number of hydrogen-bond donors (Lipinski definition) is 1. The number of allylic oxidation sites excluding steroid dienone is 2. The van der Waals surface area contributed by atoms with Crippen molar-refractivity contribution in [1.29, 1.82) is 0 Å². The second-order valence-corrected chi connectivity index (χ2v) is 8.28. The van der Waals surface area contributed by atoms with Crippen molar-refractivity contribution in [2.75, 3.05) is 11.6 Å². The second kappa shape index (κ2) is 5.73. The Morgan fingerprint density at radius 1 is 1.32 bits per heavy atom. The average molecular weight is 354 g/mol. The number of carbonyl (C=O) groups excluding carboxylic acids is 1. The molecule has 1 aromatic heterocycles. The molecule has 0 spiro atoms. The number of rotatable bonds is 2. The molecule has 2 heterocycles. The highest BCUT2D eigenvalue weighted by atomic mass is 32.2. The van der Waals surface area contributed by atoms with Gasteiger partial charge in [-0.2, -0.15) is 4.98 Å². The van der Waals surface area contributed by atoms with E-state index in [9.17, 15) is 4.79 Å². The van der Waals surface area contributed by atoms with Crippen LogP contribution in [0.2, 0.25) is 0 Å². The molecule has 5 nitrogen and oxygen atoms in total. The Morgan fingerprint density at radius 2 is 2.08 bits per heavy atom. The van der Waals surface area contributed by atoms with Crippen molar-refractivity contribution >= 4 is 23.5 Å². The number of Topliss-reactive ketones (excluding diaryl/α,β-unsaturated/α-hetero) is 1. The topological polar surface area (TPSA) is 59.8 Å². The van der Waals surface area contributed by atoms with E-state index in [0.717, 1.165) is 11.3 Å². The molecule has 2 aliphatic rings. The summed E-state index contributed by atoms with van der Waals surface area (Å²) in [5.41, 5.74) is 3.11. The molecule has 0 radical (unpaired) electrons. The van der Waals surface area contributed by atoms with Gasteiger partial charge in [0.05, 0.1) is 12.0 Å². The minimum absolute atomic E-state index is 0.142. The van der Waals surface area contributed by atoms with Crippen molar-refractivity contribution in [3.8, 4) is 0 Å². The van der Waals surface area contributed by atoms with Gasteiger partial charge in [-0.3, -0.25) is 4.79 Å². The zero-order valence-corrected chi connectivity index (χ0v) is 15.7. The summed E-state index contributed by atoms with van der Waals surface area (Å²) in [5.74, 6) is 0.735. The van der Waals surface area contributed by atoms with Crippen LogP contribution in [0.4, 0.5) is 5.95 Å². The third-order valence-corrected chi connectivity index (χ3v) is 5.53. The Bertz CT molecular complexity index is 883. The first kappa shape index (κ1) is 16.4. The van der Waals surface area contributed by atoms with Gasteiger partial charge in [-0.05, 0) is 29.7 Å². The van der Waals surface area contributed by atoms with Crippen LogP contribution in [-0.2, 0) is 4.79 Å². The SMILES string of the molecule is CSc1nc2n(n1)[C@@H](c1ccccc1C)[C@@H]1C(=O)CC(C)(C)C=C1N2. The van der Waals surface area contributed by atoms with Gasteiger partial charge in [0.25, 0.3) is 0 Å². The van der Waals surface area contributed by atoms with Gasteiger partial charge in [0.2, 0.25) is 11.1 Å². The van der Waals surface area contributed by atoms with Crippen molar-refractivity contribution in [3.63, 3.8) is 0 Å². The number of nitrogens with one attached hydrogen (secondary N) is 1. The molecule has 4 rings (SSSR count). The van der Waals surface area contributed by atoms with Gasteiger partial charge in [0.1, 0.15) is 5.78 Å². The molecule has 130 valence electrons. The van der Waals surface area contributed by atoms with Crippen LogP contribution in [0.15, 0.2) is 41.2 Å². The van der Waals surface area contributed by atoms with Gasteiger partial charge in [-0.25, -0.2) is 4.68 Å². The number of benzene rings is 1. The molecule has 1 N–H and O–H groups in total. The Balaban J connectivity index is 1.94. The van der Waals surface area contributed by atoms with E-state index < -0.39 is 0 Å². The van der Waals surface area contributed by atoms with Crippen LogP contribution >= 0.6 is 11.8 Å². The van der Waals surface area contributed by atoms with Gasteiger partial charge < -0.3 is 5.32 Å². The van der Waals surface area contributed by atoms with Crippen LogP contribution in [0.25, 0.3) is 0 Å². The van der Waals surface area contributed by atoms with E-state index in [2.05, 4.69) is 54.4 Å². The number of fused-ring (bicyclic) bond motifs is 2. The third kappa shape index (κ3) is 2.68. The average Bonchev–Trinajstić information content (AvgIpc) is 2.95. The van der Waals surface area contributed by atoms with E-state index in [0.29, 0.717) is 17.5 Å². The molecule has 6 heteroatoms. The van der Waals surface area contributed by atoms with Gasteiger partial charge in [-0.1, -0.05) is 56.0 Å². The minimum atomic E-state index is -0.238. The van der Waals surface area contributed by atoms with Gasteiger partial charge in [-0.15, -0.1) is 5.10 Å². The standard InChI is InChI=1S/C19H22N4OS/c1-11-7-5-6-8-12(11)16-15-13(9-19(2,3)10-14(15)24)20-17-21-18(25-4)22-23(16)17/h5-9,15-16H,10H2,1-4H3,(H,20,21,22)/t15-,16-/m0/s1. The van der Waals surface area contributed by atoms with Gasteiger partial charge >= 0.3 is 0 Å². The van der Waals surface area contributed by atoms with Crippen LogP contribution in [-0.4, -0.2) is 26.8 Å². The minimum Gasteiger partial charge on any atom is -0.328 e. The molecule has 0 fully saturated rings. The normalized spacial score (nSPS) is 24.2. The Labute approximate surface area is 151 Å². The van der Waals surface area contributed by atoms with Crippen molar-refractivity contribution in [3.05, 3.63) is 47.2 Å². The van der Waals surface area contributed by atoms with Crippen LogP contribution in [0.5, 0.6) is 0 Å². The van der Waals surface area contributed by atoms with E-state index in [4.69, 9.17) is 0 Å².